The molecule has 0 bridgehead atoms. The van der Waals surface area contributed by atoms with E-state index in [1.54, 1.807) is 0 Å². The Kier molecular flexibility index (Phi) is 7.57. The second kappa shape index (κ2) is 7.97. The van der Waals surface area contributed by atoms with Gasteiger partial charge in [-0.1, -0.05) is 0 Å². The maximum atomic E-state index is 11.0. The molecule has 1 atom stereocenters. The Morgan fingerprint density at radius 1 is 1.62 bits per heavy atom. The third kappa shape index (κ3) is 7.70. The van der Waals surface area contributed by atoms with Gasteiger partial charge in [0.1, 0.15) is 0 Å². The van der Waals surface area contributed by atoms with Crippen LogP contribution in [-0.2, 0) is 4.79 Å². The summed E-state index contributed by atoms with van der Waals surface area (Å²) in [6, 6.07) is 0.0184. The first-order chi connectivity index (χ1) is 6.20. The molecule has 5 N–H and O–H groups in total. The van der Waals surface area contributed by atoms with Gasteiger partial charge in [-0.15, -0.1) is 0 Å². The summed E-state index contributed by atoms with van der Waals surface area (Å²) in [5, 5.41) is 13.9. The van der Waals surface area contributed by atoms with Crippen molar-refractivity contribution in [2.45, 2.75) is 18.9 Å². The summed E-state index contributed by atoms with van der Waals surface area (Å²) in [6.07, 6.45) is 1.08. The zero-order valence-electron chi connectivity index (χ0n) is 8.05. The number of amides is 1. The smallest absolute Gasteiger partial charge is 0.220 e. The molecule has 13 heavy (non-hydrogen) atoms. The van der Waals surface area contributed by atoms with Crippen LogP contribution in [0.3, 0.4) is 0 Å². The Hall–Kier alpha value is -0.650. The summed E-state index contributed by atoms with van der Waals surface area (Å²) in [4.78, 5) is 11.0. The van der Waals surface area contributed by atoms with E-state index >= 15 is 0 Å². The van der Waals surface area contributed by atoms with Crippen LogP contribution in [0.4, 0.5) is 0 Å². The van der Waals surface area contributed by atoms with Gasteiger partial charge in [-0.25, -0.2) is 0 Å². The van der Waals surface area contributed by atoms with E-state index in [4.69, 9.17) is 10.8 Å². The van der Waals surface area contributed by atoms with Crippen molar-refractivity contribution >= 4 is 5.91 Å². The van der Waals surface area contributed by atoms with E-state index < -0.39 is 0 Å². The van der Waals surface area contributed by atoms with Crippen LogP contribution in [0.25, 0.3) is 0 Å². The van der Waals surface area contributed by atoms with E-state index in [2.05, 4.69) is 10.6 Å². The zero-order valence-corrected chi connectivity index (χ0v) is 8.05. The highest BCUT2D eigenvalue weighted by molar-refractivity contribution is 5.75. The topological polar surface area (TPSA) is 87.4 Å². The van der Waals surface area contributed by atoms with Gasteiger partial charge >= 0.3 is 0 Å². The molecule has 1 amide bonds. The highest BCUT2D eigenvalue weighted by atomic mass is 16.3. The molecule has 0 fully saturated rings. The molecule has 1 unspecified atom stereocenters. The number of hydrogen-bond donors (Lipinski definition) is 4. The van der Waals surface area contributed by atoms with Gasteiger partial charge < -0.3 is 21.5 Å². The standard InChI is InChI=1S/C8H19N3O2/c1-10-6-7(9)2-3-8(13)11-4-5-12/h7,10,12H,2-6,9H2,1H3,(H,11,13). The molecule has 0 saturated carbocycles. The Labute approximate surface area is 78.7 Å². The van der Waals surface area contributed by atoms with Crippen molar-refractivity contribution in [1.82, 2.24) is 10.6 Å². The lowest BCUT2D eigenvalue weighted by Gasteiger charge is -2.10. The number of nitrogens with one attached hydrogen (secondary N) is 2. The Morgan fingerprint density at radius 2 is 2.31 bits per heavy atom. The van der Waals surface area contributed by atoms with Crippen molar-refractivity contribution in [1.29, 1.82) is 0 Å². The van der Waals surface area contributed by atoms with Gasteiger partial charge in [0, 0.05) is 25.6 Å². The van der Waals surface area contributed by atoms with E-state index in [-0.39, 0.29) is 18.6 Å². The highest BCUT2D eigenvalue weighted by Crippen LogP contribution is 1.92. The fraction of sp³-hybridized carbons (Fsp3) is 0.875. The summed E-state index contributed by atoms with van der Waals surface area (Å²) in [5.41, 5.74) is 5.67. The number of carbonyl (C=O) groups is 1. The largest absolute Gasteiger partial charge is 0.395 e. The maximum Gasteiger partial charge on any atom is 0.220 e. The molecule has 5 nitrogen and oxygen atoms in total. The van der Waals surface area contributed by atoms with Crippen LogP contribution >= 0.6 is 0 Å². The van der Waals surface area contributed by atoms with Gasteiger partial charge in [0.05, 0.1) is 6.61 Å². The fourth-order valence-corrected chi connectivity index (χ4v) is 0.964. The molecule has 0 radical (unpaired) electrons. The molecule has 0 aliphatic carbocycles. The average molecular weight is 189 g/mol. The number of aliphatic hydroxyl groups excluding tert-OH is 1. The van der Waals surface area contributed by atoms with Gasteiger partial charge in [0.2, 0.25) is 5.91 Å². The first-order valence-electron chi connectivity index (χ1n) is 4.48. The second-order valence-electron chi connectivity index (χ2n) is 2.93. The molecule has 78 valence electrons. The molecule has 0 aliphatic heterocycles. The molecule has 0 saturated heterocycles. The number of rotatable bonds is 7. The molecule has 0 aromatic rings. The number of nitrogens with two attached hydrogens (primary N) is 1. The average Bonchev–Trinajstić information content (AvgIpc) is 2.12. The molecule has 5 heteroatoms. The second-order valence-corrected chi connectivity index (χ2v) is 2.93. The monoisotopic (exact) mass is 189 g/mol. The van der Waals surface area contributed by atoms with Crippen LogP contribution in [-0.4, -0.2) is 43.8 Å². The molecule has 0 heterocycles. The Balaban J connectivity index is 3.34. The molecule has 0 rings (SSSR count). The predicted octanol–water partition coefficient (Wildman–Crippen LogP) is -1.58. The van der Waals surface area contributed by atoms with Crippen LogP contribution < -0.4 is 16.4 Å². The van der Waals surface area contributed by atoms with Crippen molar-refractivity contribution in [3.05, 3.63) is 0 Å². The molecular formula is C8H19N3O2. The molecule has 0 aromatic heterocycles. The van der Waals surface area contributed by atoms with E-state index in [0.29, 0.717) is 25.9 Å². The lowest BCUT2D eigenvalue weighted by molar-refractivity contribution is -0.121. The third-order valence-corrected chi connectivity index (χ3v) is 1.64. The van der Waals surface area contributed by atoms with Gasteiger partial charge in [-0.3, -0.25) is 4.79 Å². The minimum Gasteiger partial charge on any atom is -0.395 e. The van der Waals surface area contributed by atoms with Crippen LogP contribution in [0.1, 0.15) is 12.8 Å². The fourth-order valence-electron chi connectivity index (χ4n) is 0.964. The number of hydrogen-bond acceptors (Lipinski definition) is 4. The predicted molar refractivity (Wildman–Crippen MR) is 51.2 cm³/mol. The first kappa shape index (κ1) is 12.3. The summed E-state index contributed by atoms with van der Waals surface area (Å²) >= 11 is 0. The van der Waals surface area contributed by atoms with Crippen LogP contribution in [0, 0.1) is 0 Å². The van der Waals surface area contributed by atoms with E-state index in [9.17, 15) is 4.79 Å². The summed E-state index contributed by atoms with van der Waals surface area (Å²) in [5.74, 6) is -0.0550. The van der Waals surface area contributed by atoms with Crippen molar-refractivity contribution in [2.75, 3.05) is 26.7 Å². The number of aliphatic hydroxyl groups is 1. The van der Waals surface area contributed by atoms with Crippen molar-refractivity contribution in [3.8, 4) is 0 Å². The quantitative estimate of drug-likeness (QED) is 0.389. The van der Waals surface area contributed by atoms with Crippen molar-refractivity contribution in [3.63, 3.8) is 0 Å². The summed E-state index contributed by atoms with van der Waals surface area (Å²) in [6.45, 7) is 1.02. The number of carbonyl (C=O) groups excluding carboxylic acids is 1. The molecule has 0 aromatic carbocycles. The van der Waals surface area contributed by atoms with Crippen LogP contribution in [0.15, 0.2) is 0 Å². The SMILES string of the molecule is CNCC(N)CCC(=O)NCCO. The third-order valence-electron chi connectivity index (χ3n) is 1.64. The first-order valence-corrected chi connectivity index (χ1v) is 4.48. The Morgan fingerprint density at radius 3 is 2.85 bits per heavy atom. The van der Waals surface area contributed by atoms with E-state index in [1.165, 1.54) is 0 Å². The van der Waals surface area contributed by atoms with Gasteiger partial charge in [0.15, 0.2) is 0 Å². The van der Waals surface area contributed by atoms with Crippen LogP contribution in [0.5, 0.6) is 0 Å². The van der Waals surface area contributed by atoms with Gasteiger partial charge in [-0.05, 0) is 13.5 Å². The molecular weight excluding hydrogens is 170 g/mol. The van der Waals surface area contributed by atoms with Gasteiger partial charge in [-0.2, -0.15) is 0 Å². The van der Waals surface area contributed by atoms with Crippen molar-refractivity contribution in [2.24, 2.45) is 5.73 Å². The highest BCUT2D eigenvalue weighted by Gasteiger charge is 2.05. The molecule has 0 spiro atoms. The lowest BCUT2D eigenvalue weighted by atomic mass is 10.1. The minimum atomic E-state index is -0.0550. The van der Waals surface area contributed by atoms with Gasteiger partial charge in [0.25, 0.3) is 0 Å². The normalized spacial score (nSPS) is 12.5. The minimum absolute atomic E-state index is 0.0184. The summed E-state index contributed by atoms with van der Waals surface area (Å²) in [7, 11) is 1.83. The van der Waals surface area contributed by atoms with Crippen LogP contribution in [0.2, 0.25) is 0 Å². The van der Waals surface area contributed by atoms with Crippen molar-refractivity contribution < 1.29 is 9.90 Å². The lowest BCUT2D eigenvalue weighted by Crippen LogP contribution is -2.34. The maximum absolute atomic E-state index is 11.0. The molecule has 0 aliphatic rings. The van der Waals surface area contributed by atoms with E-state index in [0.717, 1.165) is 0 Å². The number of likely N-dealkylation sites (N-methyl/N-ethyl adjacent to an activating group) is 1. The Bertz CT molecular complexity index is 141. The van der Waals surface area contributed by atoms with E-state index in [1.807, 2.05) is 7.05 Å². The zero-order chi connectivity index (χ0) is 10.1. The summed E-state index contributed by atoms with van der Waals surface area (Å²) < 4.78 is 0.